The van der Waals surface area contributed by atoms with Gasteiger partial charge in [-0.2, -0.15) is 4.98 Å². The lowest BCUT2D eigenvalue weighted by Crippen LogP contribution is -2.49. The van der Waals surface area contributed by atoms with E-state index in [0.717, 1.165) is 43.3 Å². The van der Waals surface area contributed by atoms with E-state index in [1.54, 1.807) is 0 Å². The number of hydrogen-bond donors (Lipinski definition) is 1. The van der Waals surface area contributed by atoms with Crippen molar-refractivity contribution < 1.29 is 4.42 Å². The van der Waals surface area contributed by atoms with E-state index in [0.29, 0.717) is 11.7 Å². The van der Waals surface area contributed by atoms with Crippen molar-refractivity contribution in [3.63, 3.8) is 0 Å². The van der Waals surface area contributed by atoms with E-state index < -0.39 is 0 Å². The van der Waals surface area contributed by atoms with Crippen LogP contribution in [0.4, 0.5) is 11.7 Å². The van der Waals surface area contributed by atoms with Gasteiger partial charge >= 0.3 is 0 Å². The average Bonchev–Trinajstić information content (AvgIpc) is 3.18. The van der Waals surface area contributed by atoms with Crippen molar-refractivity contribution in [2.24, 2.45) is 0 Å². The molecule has 1 aromatic carbocycles. The van der Waals surface area contributed by atoms with Crippen LogP contribution in [0.3, 0.4) is 0 Å². The number of rotatable bonds is 2. The summed E-state index contributed by atoms with van der Waals surface area (Å²) in [5.74, 6) is 0. The number of nitrogens with two attached hydrogens (primary N) is 1. The van der Waals surface area contributed by atoms with E-state index in [1.165, 1.54) is 25.7 Å². The van der Waals surface area contributed by atoms with Gasteiger partial charge in [0.15, 0.2) is 5.58 Å². The average molecular weight is 286 g/mol. The van der Waals surface area contributed by atoms with Gasteiger partial charge in [0.05, 0.1) is 5.69 Å². The van der Waals surface area contributed by atoms with Gasteiger partial charge in [-0.05, 0) is 25.0 Å². The molecule has 2 N–H and O–H groups in total. The predicted molar refractivity (Wildman–Crippen MR) is 84.5 cm³/mol. The molecule has 5 nitrogen and oxygen atoms in total. The van der Waals surface area contributed by atoms with Crippen LogP contribution in [0.1, 0.15) is 25.7 Å². The van der Waals surface area contributed by atoms with Crippen molar-refractivity contribution in [2.45, 2.75) is 31.7 Å². The Kier molecular flexibility index (Phi) is 3.22. The van der Waals surface area contributed by atoms with Crippen molar-refractivity contribution in [3.05, 3.63) is 18.2 Å². The minimum absolute atomic E-state index is 0.687. The first kappa shape index (κ1) is 13.0. The van der Waals surface area contributed by atoms with Gasteiger partial charge in [0.1, 0.15) is 5.52 Å². The summed E-state index contributed by atoms with van der Waals surface area (Å²) < 4.78 is 5.87. The van der Waals surface area contributed by atoms with E-state index in [1.807, 2.05) is 18.2 Å². The number of hydrogen-bond acceptors (Lipinski definition) is 5. The second-order valence-corrected chi connectivity index (χ2v) is 6.15. The van der Waals surface area contributed by atoms with Gasteiger partial charge in [0.25, 0.3) is 6.01 Å². The molecule has 0 radical (unpaired) electrons. The molecule has 0 bridgehead atoms. The van der Waals surface area contributed by atoms with Gasteiger partial charge in [-0.15, -0.1) is 0 Å². The Morgan fingerprint density at radius 1 is 1.10 bits per heavy atom. The maximum atomic E-state index is 5.95. The van der Waals surface area contributed by atoms with Crippen LogP contribution in [-0.2, 0) is 0 Å². The van der Waals surface area contributed by atoms with Crippen LogP contribution in [0, 0.1) is 0 Å². The zero-order valence-electron chi connectivity index (χ0n) is 12.3. The molecule has 5 heteroatoms. The van der Waals surface area contributed by atoms with Crippen molar-refractivity contribution in [3.8, 4) is 0 Å². The fourth-order valence-corrected chi connectivity index (χ4v) is 3.64. The summed E-state index contributed by atoms with van der Waals surface area (Å²) in [6.07, 6.45) is 5.55. The number of benzene rings is 1. The smallest absolute Gasteiger partial charge is 0.298 e. The minimum Gasteiger partial charge on any atom is -0.423 e. The normalized spacial score (nSPS) is 21.4. The minimum atomic E-state index is 0.687. The highest BCUT2D eigenvalue weighted by molar-refractivity contribution is 5.86. The SMILES string of the molecule is Nc1cccc2oc(N3CCN(C4CCCC4)CC3)nc12. The molecule has 1 saturated carbocycles. The monoisotopic (exact) mass is 286 g/mol. The number of nitrogen functional groups attached to an aromatic ring is 1. The van der Waals surface area contributed by atoms with Gasteiger partial charge < -0.3 is 15.1 Å². The molecule has 1 saturated heterocycles. The summed E-state index contributed by atoms with van der Waals surface area (Å²) in [6.45, 7) is 4.20. The first-order valence-corrected chi connectivity index (χ1v) is 7.95. The summed E-state index contributed by atoms with van der Waals surface area (Å²) >= 11 is 0. The molecule has 112 valence electrons. The molecule has 0 amide bonds. The molecule has 1 aromatic heterocycles. The summed E-state index contributed by atoms with van der Waals surface area (Å²) in [4.78, 5) is 9.45. The predicted octanol–water partition coefficient (Wildman–Crippen LogP) is 2.47. The molecule has 2 aromatic rings. The van der Waals surface area contributed by atoms with Crippen LogP contribution in [0.5, 0.6) is 0 Å². The summed E-state index contributed by atoms with van der Waals surface area (Å²) in [5.41, 5.74) is 8.21. The molecule has 21 heavy (non-hydrogen) atoms. The highest BCUT2D eigenvalue weighted by Crippen LogP contribution is 2.28. The molecule has 2 aliphatic rings. The van der Waals surface area contributed by atoms with Crippen molar-refractivity contribution in [2.75, 3.05) is 36.8 Å². The zero-order valence-corrected chi connectivity index (χ0v) is 12.3. The number of anilines is 2. The van der Waals surface area contributed by atoms with Crippen LogP contribution < -0.4 is 10.6 Å². The largest absolute Gasteiger partial charge is 0.423 e. The molecule has 2 heterocycles. The van der Waals surface area contributed by atoms with E-state index >= 15 is 0 Å². The third-order valence-electron chi connectivity index (χ3n) is 4.86. The summed E-state index contributed by atoms with van der Waals surface area (Å²) in [6, 6.07) is 7.23. The lowest BCUT2D eigenvalue weighted by Gasteiger charge is -2.37. The highest BCUT2D eigenvalue weighted by atomic mass is 16.4. The lowest BCUT2D eigenvalue weighted by molar-refractivity contribution is 0.185. The molecule has 4 rings (SSSR count). The van der Waals surface area contributed by atoms with E-state index in [2.05, 4.69) is 14.8 Å². The maximum Gasteiger partial charge on any atom is 0.298 e. The van der Waals surface area contributed by atoms with Gasteiger partial charge in [-0.3, -0.25) is 4.90 Å². The number of aromatic nitrogens is 1. The van der Waals surface area contributed by atoms with Gasteiger partial charge in [-0.1, -0.05) is 18.9 Å². The number of nitrogens with zero attached hydrogens (tertiary/aromatic N) is 3. The number of para-hydroxylation sites is 1. The van der Waals surface area contributed by atoms with Crippen molar-refractivity contribution in [1.29, 1.82) is 0 Å². The molecule has 0 unspecified atom stereocenters. The molecule has 1 aliphatic heterocycles. The second kappa shape index (κ2) is 5.22. The Balaban J connectivity index is 1.48. The van der Waals surface area contributed by atoms with Gasteiger partial charge in [0.2, 0.25) is 0 Å². The number of piperazine rings is 1. The molecule has 1 aliphatic carbocycles. The fourth-order valence-electron chi connectivity index (χ4n) is 3.64. The number of oxazole rings is 1. The molecular weight excluding hydrogens is 264 g/mol. The summed E-state index contributed by atoms with van der Waals surface area (Å²) in [7, 11) is 0. The third-order valence-corrected chi connectivity index (χ3v) is 4.86. The fraction of sp³-hybridized carbons (Fsp3) is 0.562. The van der Waals surface area contributed by atoms with Crippen LogP contribution in [-0.4, -0.2) is 42.1 Å². The Morgan fingerprint density at radius 2 is 1.86 bits per heavy atom. The maximum absolute atomic E-state index is 5.95. The Labute approximate surface area is 124 Å². The Bertz CT molecular complexity index is 624. The standard InChI is InChI=1S/C16H22N4O/c17-13-6-3-7-14-15(13)18-16(21-14)20-10-8-19(9-11-20)12-4-1-2-5-12/h3,6-7,12H,1-2,4-5,8-11,17H2. The first-order valence-electron chi connectivity index (χ1n) is 7.95. The van der Waals surface area contributed by atoms with E-state index in [-0.39, 0.29) is 0 Å². The van der Waals surface area contributed by atoms with Crippen LogP contribution in [0.25, 0.3) is 11.1 Å². The molecule has 2 fully saturated rings. The summed E-state index contributed by atoms with van der Waals surface area (Å²) in [5, 5.41) is 0. The van der Waals surface area contributed by atoms with E-state index in [4.69, 9.17) is 10.2 Å². The van der Waals surface area contributed by atoms with Gasteiger partial charge in [0, 0.05) is 32.2 Å². The Hall–Kier alpha value is -1.75. The topological polar surface area (TPSA) is 58.5 Å². The van der Waals surface area contributed by atoms with Crippen molar-refractivity contribution >= 4 is 22.8 Å². The van der Waals surface area contributed by atoms with Crippen LogP contribution >= 0.6 is 0 Å². The number of fused-ring (bicyclic) bond motifs is 1. The highest BCUT2D eigenvalue weighted by Gasteiger charge is 2.27. The Morgan fingerprint density at radius 3 is 2.57 bits per heavy atom. The molecular formula is C16H22N4O. The quantitative estimate of drug-likeness (QED) is 0.859. The second-order valence-electron chi connectivity index (χ2n) is 6.15. The van der Waals surface area contributed by atoms with Gasteiger partial charge in [-0.25, -0.2) is 0 Å². The first-order chi connectivity index (χ1) is 10.3. The van der Waals surface area contributed by atoms with Crippen molar-refractivity contribution in [1.82, 2.24) is 9.88 Å². The van der Waals surface area contributed by atoms with Crippen LogP contribution in [0.15, 0.2) is 22.6 Å². The zero-order chi connectivity index (χ0) is 14.2. The van der Waals surface area contributed by atoms with E-state index in [9.17, 15) is 0 Å². The third kappa shape index (κ3) is 2.35. The van der Waals surface area contributed by atoms with Crippen LogP contribution in [0.2, 0.25) is 0 Å². The molecule has 0 atom stereocenters. The lowest BCUT2D eigenvalue weighted by atomic mass is 10.2. The molecule has 0 spiro atoms.